The lowest BCUT2D eigenvalue weighted by Crippen LogP contribution is -2.32. The van der Waals surface area contributed by atoms with Gasteiger partial charge in [-0.25, -0.2) is 9.48 Å². The van der Waals surface area contributed by atoms with Crippen molar-refractivity contribution in [3.8, 4) is 5.69 Å². The molecule has 4 rings (SSSR count). The van der Waals surface area contributed by atoms with Gasteiger partial charge in [-0.05, 0) is 49.3 Å². The first-order valence-electron chi connectivity index (χ1n) is 8.12. The van der Waals surface area contributed by atoms with E-state index in [1.54, 1.807) is 11.6 Å². The van der Waals surface area contributed by atoms with Crippen molar-refractivity contribution in [2.24, 2.45) is 5.92 Å². The molecule has 2 aromatic rings. The van der Waals surface area contributed by atoms with E-state index in [0.29, 0.717) is 5.69 Å². The maximum Gasteiger partial charge on any atom is 0.358 e. The summed E-state index contributed by atoms with van der Waals surface area (Å²) in [7, 11) is 0. The predicted octanol–water partition coefficient (Wildman–Crippen LogP) is 2.04. The van der Waals surface area contributed by atoms with Crippen LogP contribution in [0.2, 0.25) is 0 Å². The maximum atomic E-state index is 11.2. The summed E-state index contributed by atoms with van der Waals surface area (Å²) in [6, 6.07) is 6.20. The third kappa shape index (κ3) is 2.63. The van der Waals surface area contributed by atoms with Crippen LogP contribution in [0.15, 0.2) is 18.2 Å². The van der Waals surface area contributed by atoms with E-state index in [0.717, 1.165) is 31.1 Å². The van der Waals surface area contributed by atoms with Gasteiger partial charge in [0, 0.05) is 19.6 Å². The van der Waals surface area contributed by atoms with E-state index in [-0.39, 0.29) is 5.69 Å². The Morgan fingerprint density at radius 1 is 1.39 bits per heavy atom. The summed E-state index contributed by atoms with van der Waals surface area (Å²) >= 11 is 0. The van der Waals surface area contributed by atoms with Crippen molar-refractivity contribution in [1.82, 2.24) is 19.9 Å². The molecule has 0 atom stereocenters. The fraction of sp³-hybridized carbons (Fsp3) is 0.471. The Labute approximate surface area is 134 Å². The van der Waals surface area contributed by atoms with Crippen LogP contribution in [-0.4, -0.2) is 44.1 Å². The zero-order chi connectivity index (χ0) is 16.0. The van der Waals surface area contributed by atoms with Crippen LogP contribution in [0, 0.1) is 12.8 Å². The Balaban J connectivity index is 1.67. The topological polar surface area (TPSA) is 71.2 Å². The third-order valence-corrected chi connectivity index (χ3v) is 4.86. The molecule has 1 saturated carbocycles. The van der Waals surface area contributed by atoms with Crippen LogP contribution in [0.25, 0.3) is 5.69 Å². The molecule has 0 saturated heterocycles. The van der Waals surface area contributed by atoms with E-state index >= 15 is 0 Å². The number of benzene rings is 1. The fourth-order valence-electron chi connectivity index (χ4n) is 3.42. The van der Waals surface area contributed by atoms with Crippen LogP contribution in [0.5, 0.6) is 0 Å². The fourth-order valence-corrected chi connectivity index (χ4v) is 3.42. The molecule has 0 radical (unpaired) electrons. The van der Waals surface area contributed by atoms with E-state index < -0.39 is 5.97 Å². The van der Waals surface area contributed by atoms with Gasteiger partial charge in [-0.2, -0.15) is 0 Å². The first-order chi connectivity index (χ1) is 11.1. The number of nitrogens with zero attached hydrogens (tertiary/aromatic N) is 4. The maximum absolute atomic E-state index is 11.2. The number of rotatable bonds is 4. The van der Waals surface area contributed by atoms with Crippen LogP contribution >= 0.6 is 0 Å². The van der Waals surface area contributed by atoms with Crippen LogP contribution in [0.4, 0.5) is 0 Å². The largest absolute Gasteiger partial charge is 0.476 e. The monoisotopic (exact) mass is 312 g/mol. The number of carboxylic acids is 1. The summed E-state index contributed by atoms with van der Waals surface area (Å²) in [6.45, 7) is 4.99. The minimum absolute atomic E-state index is 0.0220. The average Bonchev–Trinajstić information content (AvgIpc) is 3.26. The lowest BCUT2D eigenvalue weighted by molar-refractivity contribution is 0.0689. The Bertz CT molecular complexity index is 764. The second-order valence-corrected chi connectivity index (χ2v) is 6.58. The van der Waals surface area contributed by atoms with Crippen molar-refractivity contribution in [3.63, 3.8) is 0 Å². The minimum Gasteiger partial charge on any atom is -0.476 e. The Morgan fingerprint density at radius 3 is 2.91 bits per heavy atom. The molecule has 0 spiro atoms. The van der Waals surface area contributed by atoms with Gasteiger partial charge < -0.3 is 5.11 Å². The van der Waals surface area contributed by atoms with Crippen LogP contribution in [0.3, 0.4) is 0 Å². The van der Waals surface area contributed by atoms with E-state index in [4.69, 9.17) is 5.11 Å². The van der Waals surface area contributed by atoms with Crippen LogP contribution in [0.1, 0.15) is 40.2 Å². The van der Waals surface area contributed by atoms with Gasteiger partial charge in [-0.1, -0.05) is 17.3 Å². The highest BCUT2D eigenvalue weighted by atomic mass is 16.4. The molecular formula is C17H20N4O2. The SMILES string of the molecule is Cc1c(C(=O)O)nnn1-c1cccc2c1CCN(CC1CC1)C2. The Kier molecular flexibility index (Phi) is 3.41. The van der Waals surface area contributed by atoms with Crippen molar-refractivity contribution >= 4 is 5.97 Å². The first-order valence-corrected chi connectivity index (χ1v) is 8.12. The number of hydrogen-bond donors (Lipinski definition) is 1. The van der Waals surface area contributed by atoms with Gasteiger partial charge in [0.25, 0.3) is 0 Å². The molecule has 1 aliphatic heterocycles. The standard InChI is InChI=1S/C17H20N4O2/c1-11-16(17(22)23)18-19-21(11)15-4-2-3-13-10-20(8-7-14(13)15)9-12-5-6-12/h2-4,12H,5-10H2,1H3,(H,22,23). The highest BCUT2D eigenvalue weighted by Gasteiger charge is 2.27. The molecule has 0 amide bonds. The second kappa shape index (κ2) is 5.45. The van der Waals surface area contributed by atoms with Crippen LogP contribution in [-0.2, 0) is 13.0 Å². The van der Waals surface area contributed by atoms with Crippen molar-refractivity contribution in [2.75, 3.05) is 13.1 Å². The summed E-state index contributed by atoms with van der Waals surface area (Å²) in [5, 5.41) is 17.0. The summed E-state index contributed by atoms with van der Waals surface area (Å²) in [5.74, 6) is -0.135. The molecule has 2 aliphatic rings. The Hall–Kier alpha value is -2.21. The van der Waals surface area contributed by atoms with Gasteiger partial charge in [-0.15, -0.1) is 5.10 Å². The number of carboxylic acid groups (broad SMARTS) is 1. The number of hydrogen-bond acceptors (Lipinski definition) is 4. The van der Waals surface area contributed by atoms with Gasteiger partial charge >= 0.3 is 5.97 Å². The average molecular weight is 312 g/mol. The van der Waals surface area contributed by atoms with Gasteiger partial charge in [0.1, 0.15) is 0 Å². The van der Waals surface area contributed by atoms with Crippen molar-refractivity contribution in [1.29, 1.82) is 0 Å². The molecule has 0 bridgehead atoms. The van der Waals surface area contributed by atoms with E-state index in [1.807, 2.05) is 12.1 Å². The van der Waals surface area contributed by atoms with Gasteiger partial charge in [0.05, 0.1) is 11.4 Å². The molecule has 1 aliphatic carbocycles. The van der Waals surface area contributed by atoms with Crippen molar-refractivity contribution in [2.45, 2.75) is 32.7 Å². The lowest BCUT2D eigenvalue weighted by Gasteiger charge is -2.30. The highest BCUT2D eigenvalue weighted by Crippen LogP contribution is 2.32. The molecule has 120 valence electrons. The summed E-state index contributed by atoms with van der Waals surface area (Å²) in [6.07, 6.45) is 3.72. The lowest BCUT2D eigenvalue weighted by atomic mass is 9.97. The van der Waals surface area contributed by atoms with Crippen molar-refractivity contribution in [3.05, 3.63) is 40.7 Å². The first kappa shape index (κ1) is 14.4. The minimum atomic E-state index is -1.03. The molecule has 0 unspecified atom stereocenters. The number of aromatic carboxylic acids is 1. The van der Waals surface area contributed by atoms with Gasteiger partial charge in [-0.3, -0.25) is 4.90 Å². The smallest absolute Gasteiger partial charge is 0.358 e. The summed E-state index contributed by atoms with van der Waals surface area (Å²) < 4.78 is 1.67. The molecular weight excluding hydrogens is 292 g/mol. The predicted molar refractivity (Wildman–Crippen MR) is 84.8 cm³/mol. The van der Waals surface area contributed by atoms with Gasteiger partial charge in [0.2, 0.25) is 0 Å². The van der Waals surface area contributed by atoms with E-state index in [2.05, 4.69) is 21.3 Å². The molecule has 1 aromatic heterocycles. The molecule has 6 nitrogen and oxygen atoms in total. The highest BCUT2D eigenvalue weighted by molar-refractivity contribution is 5.86. The van der Waals surface area contributed by atoms with Crippen LogP contribution < -0.4 is 0 Å². The number of aromatic nitrogens is 3. The molecule has 1 N–H and O–H groups in total. The zero-order valence-corrected chi connectivity index (χ0v) is 13.2. The summed E-state index contributed by atoms with van der Waals surface area (Å²) in [4.78, 5) is 13.7. The quantitative estimate of drug-likeness (QED) is 0.935. The molecule has 1 fully saturated rings. The Morgan fingerprint density at radius 2 is 2.22 bits per heavy atom. The third-order valence-electron chi connectivity index (χ3n) is 4.86. The molecule has 6 heteroatoms. The number of carbonyl (C=O) groups is 1. The van der Waals surface area contributed by atoms with Gasteiger partial charge in [0.15, 0.2) is 5.69 Å². The van der Waals surface area contributed by atoms with Crippen molar-refractivity contribution < 1.29 is 9.90 Å². The molecule has 2 heterocycles. The second-order valence-electron chi connectivity index (χ2n) is 6.58. The molecule has 23 heavy (non-hydrogen) atoms. The summed E-state index contributed by atoms with van der Waals surface area (Å²) in [5.41, 5.74) is 4.15. The van der Waals surface area contributed by atoms with E-state index in [9.17, 15) is 4.79 Å². The number of fused-ring (bicyclic) bond motifs is 1. The van der Waals surface area contributed by atoms with E-state index in [1.165, 1.54) is 30.5 Å². The zero-order valence-electron chi connectivity index (χ0n) is 13.2. The molecule has 1 aromatic carbocycles. The normalized spacial score (nSPS) is 18.0.